The van der Waals surface area contributed by atoms with Gasteiger partial charge in [0.15, 0.2) is 5.69 Å². The number of hydrogen-bond acceptors (Lipinski definition) is 4. The number of esters is 1. The van der Waals surface area contributed by atoms with Crippen molar-refractivity contribution in [2.45, 2.75) is 6.92 Å². The fourth-order valence-corrected chi connectivity index (χ4v) is 1.55. The van der Waals surface area contributed by atoms with Crippen LogP contribution < -0.4 is 0 Å². The Kier molecular flexibility index (Phi) is 2.72. The molecule has 2 rings (SSSR count). The predicted molar refractivity (Wildman–Crippen MR) is 59.4 cm³/mol. The van der Waals surface area contributed by atoms with Gasteiger partial charge in [0.2, 0.25) is 0 Å². The van der Waals surface area contributed by atoms with Crippen LogP contribution >= 0.6 is 0 Å². The van der Waals surface area contributed by atoms with E-state index in [-0.39, 0.29) is 11.4 Å². The molecule has 0 amide bonds. The second-order valence-corrected chi connectivity index (χ2v) is 3.25. The van der Waals surface area contributed by atoms with Gasteiger partial charge in [-0.2, -0.15) is 0 Å². The van der Waals surface area contributed by atoms with E-state index in [0.29, 0.717) is 17.4 Å². The summed E-state index contributed by atoms with van der Waals surface area (Å²) in [5.41, 5.74) is 0.232. The maximum absolute atomic E-state index is 11.6. The van der Waals surface area contributed by atoms with Crippen molar-refractivity contribution in [1.82, 2.24) is 4.98 Å². The number of aromatic hydroxyl groups is 1. The number of carbonyl (C=O) groups excluding carboxylic acids is 1. The molecule has 0 saturated heterocycles. The van der Waals surface area contributed by atoms with Crippen LogP contribution in [0, 0.1) is 0 Å². The van der Waals surface area contributed by atoms with E-state index in [1.54, 1.807) is 31.2 Å². The van der Waals surface area contributed by atoms with Gasteiger partial charge in [-0.3, -0.25) is 0 Å². The molecule has 0 spiro atoms. The van der Waals surface area contributed by atoms with Gasteiger partial charge >= 0.3 is 5.97 Å². The molecule has 2 aromatic rings. The number of aromatic nitrogens is 1. The van der Waals surface area contributed by atoms with E-state index in [4.69, 9.17) is 4.74 Å². The van der Waals surface area contributed by atoms with E-state index in [1.165, 1.54) is 6.20 Å². The third-order valence-corrected chi connectivity index (χ3v) is 2.25. The highest BCUT2D eigenvalue weighted by Crippen LogP contribution is 2.25. The summed E-state index contributed by atoms with van der Waals surface area (Å²) in [5, 5.41) is 10.8. The van der Waals surface area contributed by atoms with Crippen molar-refractivity contribution in [2.24, 2.45) is 0 Å². The lowest BCUT2D eigenvalue weighted by atomic mass is 10.1. The quantitative estimate of drug-likeness (QED) is 0.783. The second-order valence-electron chi connectivity index (χ2n) is 3.25. The summed E-state index contributed by atoms with van der Waals surface area (Å²) < 4.78 is 4.89. The molecular weight excluding hydrogens is 206 g/mol. The van der Waals surface area contributed by atoms with Crippen LogP contribution in [0.15, 0.2) is 30.5 Å². The largest absolute Gasteiger partial charge is 0.507 e. The molecule has 1 aromatic carbocycles. The molecule has 16 heavy (non-hydrogen) atoms. The topological polar surface area (TPSA) is 59.4 Å². The summed E-state index contributed by atoms with van der Waals surface area (Å²) in [6.45, 7) is 2.04. The Bertz CT molecular complexity index is 537. The Labute approximate surface area is 92.5 Å². The Hall–Kier alpha value is -2.10. The van der Waals surface area contributed by atoms with Gasteiger partial charge in [0.1, 0.15) is 5.75 Å². The van der Waals surface area contributed by atoms with Gasteiger partial charge in [0, 0.05) is 17.0 Å². The van der Waals surface area contributed by atoms with E-state index in [2.05, 4.69) is 4.98 Å². The number of benzene rings is 1. The first-order chi connectivity index (χ1) is 7.74. The lowest BCUT2D eigenvalue weighted by Crippen LogP contribution is -2.07. The van der Waals surface area contributed by atoms with Gasteiger partial charge in [0.05, 0.1) is 6.61 Å². The van der Waals surface area contributed by atoms with Crippen LogP contribution in [-0.2, 0) is 4.74 Å². The van der Waals surface area contributed by atoms with Gasteiger partial charge in [-0.25, -0.2) is 9.78 Å². The molecule has 1 N–H and O–H groups in total. The monoisotopic (exact) mass is 217 g/mol. The zero-order valence-electron chi connectivity index (χ0n) is 8.80. The predicted octanol–water partition coefficient (Wildman–Crippen LogP) is 2.12. The lowest BCUT2D eigenvalue weighted by Gasteiger charge is -2.05. The summed E-state index contributed by atoms with van der Waals surface area (Å²) in [6.07, 6.45) is 1.48. The summed E-state index contributed by atoms with van der Waals surface area (Å²) in [7, 11) is 0. The molecule has 0 aliphatic heterocycles. The number of hydrogen-bond donors (Lipinski definition) is 1. The van der Waals surface area contributed by atoms with Crippen LogP contribution in [0.25, 0.3) is 10.8 Å². The molecule has 1 heterocycles. The van der Waals surface area contributed by atoms with Gasteiger partial charge in [-0.05, 0) is 19.1 Å². The normalized spacial score (nSPS) is 10.3. The number of phenols is 1. The van der Waals surface area contributed by atoms with E-state index in [9.17, 15) is 9.90 Å². The number of carbonyl (C=O) groups is 1. The molecule has 0 saturated carbocycles. The van der Waals surface area contributed by atoms with Gasteiger partial charge in [0.25, 0.3) is 0 Å². The van der Waals surface area contributed by atoms with Gasteiger partial charge < -0.3 is 9.84 Å². The first kappa shape index (κ1) is 10.4. The maximum Gasteiger partial charge on any atom is 0.357 e. The maximum atomic E-state index is 11.6. The first-order valence-corrected chi connectivity index (χ1v) is 4.98. The molecule has 4 nitrogen and oxygen atoms in total. The molecule has 0 aliphatic carbocycles. The van der Waals surface area contributed by atoms with E-state index in [1.807, 2.05) is 0 Å². The van der Waals surface area contributed by atoms with E-state index >= 15 is 0 Å². The van der Waals surface area contributed by atoms with Gasteiger partial charge in [-0.1, -0.05) is 12.1 Å². The fourth-order valence-electron chi connectivity index (χ4n) is 1.55. The molecule has 4 heteroatoms. The highest BCUT2D eigenvalue weighted by Gasteiger charge is 2.13. The van der Waals surface area contributed by atoms with E-state index < -0.39 is 5.97 Å². The molecular formula is C12H11NO3. The smallest absolute Gasteiger partial charge is 0.357 e. The molecule has 1 aromatic heterocycles. The molecule has 82 valence electrons. The third-order valence-electron chi connectivity index (χ3n) is 2.25. The Balaban J connectivity index is 2.62. The number of phenolic OH excluding ortho intramolecular Hbond substituents is 1. The standard InChI is InChI=1S/C12H11NO3/c1-2-16-12(15)11-9-4-3-5-10(14)8(9)6-7-13-11/h3-7,14H,2H2,1H3. The number of nitrogens with zero attached hydrogens (tertiary/aromatic N) is 1. The molecule has 0 bridgehead atoms. The van der Waals surface area contributed by atoms with Crippen molar-refractivity contribution in [3.63, 3.8) is 0 Å². The molecule has 0 radical (unpaired) electrons. The number of ether oxygens (including phenoxy) is 1. The summed E-state index contributed by atoms with van der Waals surface area (Å²) >= 11 is 0. The third kappa shape index (κ3) is 1.69. The average Bonchev–Trinajstić information content (AvgIpc) is 2.29. The molecule has 0 aliphatic rings. The first-order valence-electron chi connectivity index (χ1n) is 4.98. The Morgan fingerprint density at radius 2 is 2.19 bits per heavy atom. The van der Waals surface area contributed by atoms with Crippen LogP contribution in [0.1, 0.15) is 17.4 Å². The summed E-state index contributed by atoms with van der Waals surface area (Å²) in [4.78, 5) is 15.6. The van der Waals surface area contributed by atoms with Crippen molar-refractivity contribution in [2.75, 3.05) is 6.61 Å². The van der Waals surface area contributed by atoms with Crippen molar-refractivity contribution < 1.29 is 14.6 Å². The minimum absolute atomic E-state index is 0.130. The Morgan fingerprint density at radius 3 is 2.94 bits per heavy atom. The average molecular weight is 217 g/mol. The second kappa shape index (κ2) is 4.18. The molecule has 0 unspecified atom stereocenters. The number of pyridine rings is 1. The van der Waals surface area contributed by atoms with Crippen LogP contribution in [0.5, 0.6) is 5.75 Å². The minimum atomic E-state index is -0.473. The van der Waals surface area contributed by atoms with Crippen molar-refractivity contribution in [1.29, 1.82) is 0 Å². The number of rotatable bonds is 2. The zero-order valence-corrected chi connectivity index (χ0v) is 8.80. The lowest BCUT2D eigenvalue weighted by molar-refractivity contribution is 0.0522. The minimum Gasteiger partial charge on any atom is -0.507 e. The van der Waals surface area contributed by atoms with Crippen molar-refractivity contribution >= 4 is 16.7 Å². The van der Waals surface area contributed by atoms with Crippen LogP contribution in [-0.4, -0.2) is 22.7 Å². The SMILES string of the molecule is CCOC(=O)c1nccc2c(O)cccc12. The number of fused-ring (bicyclic) bond motifs is 1. The highest BCUT2D eigenvalue weighted by atomic mass is 16.5. The van der Waals surface area contributed by atoms with Crippen LogP contribution in [0.3, 0.4) is 0 Å². The zero-order chi connectivity index (χ0) is 11.5. The van der Waals surface area contributed by atoms with Crippen LogP contribution in [0.2, 0.25) is 0 Å². The summed E-state index contributed by atoms with van der Waals surface area (Å²) in [6, 6.07) is 6.63. The fraction of sp³-hybridized carbons (Fsp3) is 0.167. The molecule has 0 atom stereocenters. The van der Waals surface area contributed by atoms with Crippen LogP contribution in [0.4, 0.5) is 0 Å². The van der Waals surface area contributed by atoms with Crippen molar-refractivity contribution in [3.8, 4) is 5.75 Å². The van der Waals surface area contributed by atoms with E-state index in [0.717, 1.165) is 0 Å². The van der Waals surface area contributed by atoms with Crippen molar-refractivity contribution in [3.05, 3.63) is 36.2 Å². The molecule has 0 fully saturated rings. The Morgan fingerprint density at radius 1 is 1.38 bits per heavy atom. The van der Waals surface area contributed by atoms with Gasteiger partial charge in [-0.15, -0.1) is 0 Å². The highest BCUT2D eigenvalue weighted by molar-refractivity contribution is 6.04. The summed E-state index contributed by atoms with van der Waals surface area (Å²) in [5.74, 6) is -0.343.